The van der Waals surface area contributed by atoms with Crippen LogP contribution >= 0.6 is 0 Å². The quantitative estimate of drug-likeness (QED) is 0.612. The molecule has 170 valence electrons. The molecule has 32 heavy (non-hydrogen) atoms. The zero-order valence-corrected chi connectivity index (χ0v) is 18.1. The fourth-order valence-corrected chi connectivity index (χ4v) is 3.69. The van der Waals surface area contributed by atoms with Crippen molar-refractivity contribution in [1.82, 2.24) is 15.5 Å². The number of nitrogens with zero attached hydrogens (tertiary/aromatic N) is 1. The highest BCUT2D eigenvalue weighted by molar-refractivity contribution is 5.97. The number of benzene rings is 2. The Morgan fingerprint density at radius 3 is 2.31 bits per heavy atom. The van der Waals surface area contributed by atoms with Gasteiger partial charge in [-0.15, -0.1) is 0 Å². The van der Waals surface area contributed by atoms with E-state index < -0.39 is 35.8 Å². The number of β-amino-alcohol motifs (C(OH)–C–C–N with tert-alkyl or cyclic N) is 1. The number of amides is 3. The average Bonchev–Trinajstić information content (AvgIpc) is 3.13. The van der Waals surface area contributed by atoms with E-state index in [-0.39, 0.29) is 30.5 Å². The van der Waals surface area contributed by atoms with Crippen LogP contribution in [-0.2, 0) is 4.79 Å². The second-order valence-corrected chi connectivity index (χ2v) is 8.42. The largest absolute Gasteiger partial charge is 0.389 e. The summed E-state index contributed by atoms with van der Waals surface area (Å²) in [7, 11) is 0. The van der Waals surface area contributed by atoms with Crippen molar-refractivity contribution in [2.24, 2.45) is 5.92 Å². The lowest BCUT2D eigenvalue weighted by Crippen LogP contribution is -2.53. The normalized spacial score (nSPS) is 19.0. The third kappa shape index (κ3) is 5.91. The Kier molecular flexibility index (Phi) is 7.58. The van der Waals surface area contributed by atoms with Crippen molar-refractivity contribution in [2.75, 3.05) is 13.1 Å². The van der Waals surface area contributed by atoms with Crippen LogP contribution in [0.2, 0.25) is 0 Å². The maximum Gasteiger partial charge on any atom is 0.254 e. The Hall–Kier alpha value is -3.26. The van der Waals surface area contributed by atoms with E-state index in [0.29, 0.717) is 12.0 Å². The summed E-state index contributed by atoms with van der Waals surface area (Å²) in [6.45, 7) is 4.13. The molecule has 8 heteroatoms. The zero-order valence-electron chi connectivity index (χ0n) is 18.1. The van der Waals surface area contributed by atoms with Crippen LogP contribution in [0.5, 0.6) is 0 Å². The minimum atomic E-state index is -0.917. The first-order valence-electron chi connectivity index (χ1n) is 10.6. The summed E-state index contributed by atoms with van der Waals surface area (Å²) in [5.74, 6) is -1.48. The maximum atomic E-state index is 13.1. The molecule has 3 rings (SSSR count). The number of aliphatic hydroxyl groups is 1. The van der Waals surface area contributed by atoms with Crippen LogP contribution in [0.4, 0.5) is 4.39 Å². The number of rotatable bonds is 7. The van der Waals surface area contributed by atoms with Gasteiger partial charge in [0.15, 0.2) is 0 Å². The standard InChI is InChI=1S/C24H28FN3O4/c1-15(2)12-19(26-22(30)16-8-10-18(25)11-9-16)23(31)27-20-13-28(14-21(20)29)24(32)17-6-4-3-5-7-17/h3-11,15,19-21,29H,12-14H2,1-2H3,(H,26,30)(H,27,31)/t19-,20?,21?/m0/s1. The molecule has 3 N–H and O–H groups in total. The minimum absolute atomic E-state index is 0.107. The highest BCUT2D eigenvalue weighted by atomic mass is 19.1. The van der Waals surface area contributed by atoms with Crippen molar-refractivity contribution >= 4 is 17.7 Å². The molecular weight excluding hydrogens is 413 g/mol. The van der Waals surface area contributed by atoms with Gasteiger partial charge in [-0.05, 0) is 48.7 Å². The van der Waals surface area contributed by atoms with Gasteiger partial charge in [0.05, 0.1) is 12.1 Å². The van der Waals surface area contributed by atoms with Crippen LogP contribution in [0.25, 0.3) is 0 Å². The van der Waals surface area contributed by atoms with Gasteiger partial charge in [0, 0.05) is 24.2 Å². The molecule has 0 spiro atoms. The van der Waals surface area contributed by atoms with E-state index in [1.165, 1.54) is 29.2 Å². The van der Waals surface area contributed by atoms with Gasteiger partial charge in [-0.25, -0.2) is 4.39 Å². The summed E-state index contributed by atoms with van der Waals surface area (Å²) >= 11 is 0. The first kappa shape index (κ1) is 23.4. The number of carbonyl (C=O) groups is 3. The fraction of sp³-hybridized carbons (Fsp3) is 0.375. The molecule has 1 saturated heterocycles. The van der Waals surface area contributed by atoms with Gasteiger partial charge in [0.1, 0.15) is 11.9 Å². The summed E-state index contributed by atoms with van der Waals surface area (Å²) in [5, 5.41) is 15.9. The van der Waals surface area contributed by atoms with E-state index in [4.69, 9.17) is 0 Å². The van der Waals surface area contributed by atoms with Gasteiger partial charge in [-0.3, -0.25) is 14.4 Å². The van der Waals surface area contributed by atoms with Crippen molar-refractivity contribution in [3.05, 3.63) is 71.5 Å². The lowest BCUT2D eigenvalue weighted by molar-refractivity contribution is -0.124. The van der Waals surface area contributed by atoms with Crippen molar-refractivity contribution < 1.29 is 23.9 Å². The maximum absolute atomic E-state index is 13.1. The molecule has 2 aromatic rings. The highest BCUT2D eigenvalue weighted by Crippen LogP contribution is 2.16. The van der Waals surface area contributed by atoms with Crippen molar-refractivity contribution in [3.8, 4) is 0 Å². The number of likely N-dealkylation sites (tertiary alicyclic amines) is 1. The molecule has 1 fully saturated rings. The van der Waals surface area contributed by atoms with Gasteiger partial charge in [-0.1, -0.05) is 32.0 Å². The van der Waals surface area contributed by atoms with Gasteiger partial charge in [0.25, 0.3) is 11.8 Å². The number of carbonyl (C=O) groups excluding carboxylic acids is 3. The van der Waals surface area contributed by atoms with Crippen LogP contribution in [0.15, 0.2) is 54.6 Å². The SMILES string of the molecule is CC(C)C[C@H](NC(=O)c1ccc(F)cc1)C(=O)NC1CN(C(=O)c2ccccc2)CC1O. The third-order valence-electron chi connectivity index (χ3n) is 5.36. The molecule has 3 atom stereocenters. The Morgan fingerprint density at radius 1 is 1.03 bits per heavy atom. The van der Waals surface area contributed by atoms with E-state index in [9.17, 15) is 23.9 Å². The number of aliphatic hydroxyl groups excluding tert-OH is 1. The molecule has 7 nitrogen and oxygen atoms in total. The summed E-state index contributed by atoms with van der Waals surface area (Å²) < 4.78 is 13.1. The molecule has 0 aromatic heterocycles. The average molecular weight is 442 g/mol. The van der Waals surface area contributed by atoms with Gasteiger partial charge >= 0.3 is 0 Å². The van der Waals surface area contributed by atoms with Gasteiger partial charge < -0.3 is 20.6 Å². The Balaban J connectivity index is 1.64. The molecule has 0 saturated carbocycles. The van der Waals surface area contributed by atoms with Crippen LogP contribution < -0.4 is 10.6 Å². The van der Waals surface area contributed by atoms with Crippen molar-refractivity contribution in [2.45, 2.75) is 38.5 Å². The van der Waals surface area contributed by atoms with Crippen molar-refractivity contribution in [3.63, 3.8) is 0 Å². The fourth-order valence-electron chi connectivity index (χ4n) is 3.69. The first-order valence-corrected chi connectivity index (χ1v) is 10.6. The van der Waals surface area contributed by atoms with Crippen LogP contribution in [0.3, 0.4) is 0 Å². The van der Waals surface area contributed by atoms with E-state index in [1.54, 1.807) is 24.3 Å². The second kappa shape index (κ2) is 10.4. The predicted octanol–water partition coefficient (Wildman–Crippen LogP) is 1.97. The van der Waals surface area contributed by atoms with E-state index in [0.717, 1.165) is 0 Å². The molecule has 1 heterocycles. The molecule has 0 aliphatic carbocycles. The monoisotopic (exact) mass is 441 g/mol. The second-order valence-electron chi connectivity index (χ2n) is 8.42. The molecule has 2 unspecified atom stereocenters. The van der Waals surface area contributed by atoms with E-state index in [1.807, 2.05) is 19.9 Å². The molecule has 0 radical (unpaired) electrons. The number of hydrogen-bond donors (Lipinski definition) is 3. The van der Waals surface area contributed by atoms with Crippen molar-refractivity contribution in [1.29, 1.82) is 0 Å². The minimum Gasteiger partial charge on any atom is -0.389 e. The predicted molar refractivity (Wildman–Crippen MR) is 117 cm³/mol. The van der Waals surface area contributed by atoms with Gasteiger partial charge in [-0.2, -0.15) is 0 Å². The number of halogens is 1. The van der Waals surface area contributed by atoms with E-state index >= 15 is 0 Å². The molecule has 2 aromatic carbocycles. The lowest BCUT2D eigenvalue weighted by atomic mass is 10.0. The number of nitrogens with one attached hydrogen (secondary N) is 2. The Bertz CT molecular complexity index is 949. The molecular formula is C24H28FN3O4. The third-order valence-corrected chi connectivity index (χ3v) is 5.36. The summed E-state index contributed by atoms with van der Waals surface area (Å²) in [6, 6.07) is 12.3. The highest BCUT2D eigenvalue weighted by Gasteiger charge is 2.36. The molecule has 0 bridgehead atoms. The lowest BCUT2D eigenvalue weighted by Gasteiger charge is -2.23. The number of hydrogen-bond acceptors (Lipinski definition) is 4. The summed E-state index contributed by atoms with van der Waals surface area (Å²) in [5.41, 5.74) is 0.754. The van der Waals surface area contributed by atoms with Crippen LogP contribution in [-0.4, -0.2) is 59.0 Å². The van der Waals surface area contributed by atoms with Crippen LogP contribution in [0.1, 0.15) is 41.0 Å². The molecule has 1 aliphatic rings. The smallest absolute Gasteiger partial charge is 0.254 e. The van der Waals surface area contributed by atoms with E-state index in [2.05, 4.69) is 10.6 Å². The first-order chi connectivity index (χ1) is 15.2. The van der Waals surface area contributed by atoms with Crippen LogP contribution in [0, 0.1) is 11.7 Å². The summed E-state index contributed by atoms with van der Waals surface area (Å²) in [6.07, 6.45) is -0.534. The molecule has 1 aliphatic heterocycles. The van der Waals surface area contributed by atoms with Gasteiger partial charge in [0.2, 0.25) is 5.91 Å². The summed E-state index contributed by atoms with van der Waals surface area (Å²) in [4.78, 5) is 39.6. The Morgan fingerprint density at radius 2 is 1.69 bits per heavy atom. The Labute approximate surface area is 186 Å². The molecule has 3 amide bonds. The topological polar surface area (TPSA) is 98.7 Å². The zero-order chi connectivity index (χ0) is 23.3.